The first-order valence-corrected chi connectivity index (χ1v) is 8.58. The van der Waals surface area contributed by atoms with Gasteiger partial charge in [-0.1, -0.05) is 0 Å². The van der Waals surface area contributed by atoms with E-state index in [9.17, 15) is 22.8 Å². The second kappa shape index (κ2) is 7.90. The van der Waals surface area contributed by atoms with Crippen molar-refractivity contribution >= 4 is 11.8 Å². The molecule has 0 N–H and O–H groups in total. The highest BCUT2D eigenvalue weighted by atomic mass is 19.4. The van der Waals surface area contributed by atoms with Crippen molar-refractivity contribution in [3.05, 3.63) is 0 Å². The first-order chi connectivity index (χ1) is 11.7. The van der Waals surface area contributed by atoms with E-state index in [1.807, 2.05) is 13.8 Å². The predicted octanol–water partition coefficient (Wildman–Crippen LogP) is 1.11. The van der Waals surface area contributed by atoms with Gasteiger partial charge in [0.1, 0.15) is 6.04 Å². The molecule has 2 aliphatic rings. The maximum absolute atomic E-state index is 12.8. The maximum atomic E-state index is 12.8. The Labute approximate surface area is 145 Å². The van der Waals surface area contributed by atoms with Crippen LogP contribution in [0.15, 0.2) is 0 Å². The summed E-state index contributed by atoms with van der Waals surface area (Å²) in [7, 11) is 1.63. The van der Waals surface area contributed by atoms with Gasteiger partial charge in [-0.2, -0.15) is 13.2 Å². The number of rotatable bonds is 4. The standard InChI is InChI=1S/C16H26F3N3O3/c1-11-9-20(10-12(2)21(11)7-8-25-3)14(23)13-5-4-6-22(13)15(24)16(17,18)19/h11-13H,4-10H2,1-3H3. The van der Waals surface area contributed by atoms with Crippen molar-refractivity contribution in [2.75, 3.05) is 39.9 Å². The molecular formula is C16H26F3N3O3. The highest BCUT2D eigenvalue weighted by molar-refractivity contribution is 5.90. The minimum atomic E-state index is -4.94. The number of carbonyl (C=O) groups is 2. The van der Waals surface area contributed by atoms with E-state index in [1.165, 1.54) is 0 Å². The highest BCUT2D eigenvalue weighted by Crippen LogP contribution is 2.27. The van der Waals surface area contributed by atoms with E-state index in [0.717, 1.165) is 6.54 Å². The van der Waals surface area contributed by atoms with Crippen LogP contribution in [0.4, 0.5) is 13.2 Å². The summed E-state index contributed by atoms with van der Waals surface area (Å²) in [4.78, 5) is 28.9. The molecule has 144 valence electrons. The van der Waals surface area contributed by atoms with E-state index in [1.54, 1.807) is 12.0 Å². The lowest BCUT2D eigenvalue weighted by atomic mass is 10.1. The van der Waals surface area contributed by atoms with Crippen molar-refractivity contribution in [1.82, 2.24) is 14.7 Å². The Morgan fingerprint density at radius 3 is 2.28 bits per heavy atom. The third kappa shape index (κ3) is 4.44. The molecule has 25 heavy (non-hydrogen) atoms. The summed E-state index contributed by atoms with van der Waals surface area (Å²) in [6.07, 6.45) is -4.24. The molecule has 0 bridgehead atoms. The fourth-order valence-corrected chi connectivity index (χ4v) is 3.81. The molecule has 2 saturated heterocycles. The van der Waals surface area contributed by atoms with Crippen molar-refractivity contribution in [2.24, 2.45) is 0 Å². The maximum Gasteiger partial charge on any atom is 0.471 e. The van der Waals surface area contributed by atoms with Gasteiger partial charge in [-0.05, 0) is 26.7 Å². The Kier molecular flexibility index (Phi) is 6.31. The molecule has 9 heteroatoms. The Hall–Kier alpha value is -1.35. The first-order valence-electron chi connectivity index (χ1n) is 8.58. The summed E-state index contributed by atoms with van der Waals surface area (Å²) in [5, 5.41) is 0. The Morgan fingerprint density at radius 2 is 1.76 bits per heavy atom. The summed E-state index contributed by atoms with van der Waals surface area (Å²) in [6.45, 7) is 6.16. The largest absolute Gasteiger partial charge is 0.471 e. The van der Waals surface area contributed by atoms with Crippen LogP contribution >= 0.6 is 0 Å². The number of hydrogen-bond donors (Lipinski definition) is 0. The minimum absolute atomic E-state index is 0.0202. The van der Waals surface area contributed by atoms with Gasteiger partial charge in [0.25, 0.3) is 0 Å². The second-order valence-corrected chi connectivity index (χ2v) is 6.83. The van der Waals surface area contributed by atoms with Crippen LogP contribution in [-0.4, -0.2) is 90.7 Å². The quantitative estimate of drug-likeness (QED) is 0.749. The number of hydrogen-bond acceptors (Lipinski definition) is 4. The SMILES string of the molecule is COCCN1C(C)CN(C(=O)C2CCCN2C(=O)C(F)(F)F)CC1C. The zero-order valence-electron chi connectivity index (χ0n) is 14.9. The smallest absolute Gasteiger partial charge is 0.383 e. The number of alkyl halides is 3. The summed E-state index contributed by atoms with van der Waals surface area (Å²) in [5.41, 5.74) is 0. The van der Waals surface area contributed by atoms with Crippen LogP contribution in [0, 0.1) is 0 Å². The van der Waals surface area contributed by atoms with Crippen molar-refractivity contribution in [3.8, 4) is 0 Å². The van der Waals surface area contributed by atoms with Gasteiger partial charge in [-0.3, -0.25) is 14.5 Å². The predicted molar refractivity (Wildman–Crippen MR) is 84.9 cm³/mol. The lowest BCUT2D eigenvalue weighted by Gasteiger charge is -2.45. The van der Waals surface area contributed by atoms with Crippen molar-refractivity contribution in [3.63, 3.8) is 0 Å². The lowest BCUT2D eigenvalue weighted by Crippen LogP contribution is -2.61. The Bertz CT molecular complexity index is 489. The van der Waals surface area contributed by atoms with Crippen molar-refractivity contribution in [2.45, 2.75) is 51.0 Å². The van der Waals surface area contributed by atoms with Crippen molar-refractivity contribution < 1.29 is 27.5 Å². The third-order valence-electron chi connectivity index (χ3n) is 5.01. The number of likely N-dealkylation sites (tertiary alicyclic amines) is 1. The Morgan fingerprint density at radius 1 is 1.16 bits per heavy atom. The third-order valence-corrected chi connectivity index (χ3v) is 5.01. The van der Waals surface area contributed by atoms with Crippen LogP contribution < -0.4 is 0 Å². The Balaban J connectivity index is 2.04. The fraction of sp³-hybridized carbons (Fsp3) is 0.875. The molecule has 0 radical (unpaired) electrons. The van der Waals surface area contributed by atoms with Gasteiger partial charge in [0, 0.05) is 45.4 Å². The molecule has 0 aromatic rings. The number of carbonyl (C=O) groups excluding carboxylic acids is 2. The van der Waals surface area contributed by atoms with E-state index in [4.69, 9.17) is 4.74 Å². The topological polar surface area (TPSA) is 53.1 Å². The van der Waals surface area contributed by atoms with Gasteiger partial charge in [-0.15, -0.1) is 0 Å². The van der Waals surface area contributed by atoms with Gasteiger partial charge in [-0.25, -0.2) is 0 Å². The average Bonchev–Trinajstić information content (AvgIpc) is 3.00. The molecule has 0 aromatic carbocycles. The van der Waals surface area contributed by atoms with Crippen LogP contribution in [0.1, 0.15) is 26.7 Å². The normalized spacial score (nSPS) is 28.5. The molecule has 2 heterocycles. The number of piperazine rings is 1. The van der Waals surface area contributed by atoms with Gasteiger partial charge in [0.2, 0.25) is 5.91 Å². The molecule has 3 atom stereocenters. The van der Waals surface area contributed by atoms with Gasteiger partial charge >= 0.3 is 12.1 Å². The summed E-state index contributed by atoms with van der Waals surface area (Å²) in [5.74, 6) is -2.29. The molecule has 6 nitrogen and oxygen atoms in total. The molecule has 2 fully saturated rings. The fourth-order valence-electron chi connectivity index (χ4n) is 3.81. The average molecular weight is 365 g/mol. The molecule has 0 saturated carbocycles. The van der Waals surface area contributed by atoms with Gasteiger partial charge in [0.15, 0.2) is 0 Å². The number of ether oxygens (including phenoxy) is 1. The number of methoxy groups -OCH3 is 1. The van der Waals surface area contributed by atoms with Crippen LogP contribution in [0.3, 0.4) is 0 Å². The molecule has 0 spiro atoms. The monoisotopic (exact) mass is 365 g/mol. The second-order valence-electron chi connectivity index (χ2n) is 6.83. The molecule has 0 aromatic heterocycles. The van der Waals surface area contributed by atoms with E-state index in [0.29, 0.717) is 31.0 Å². The summed E-state index contributed by atoms with van der Waals surface area (Å²) < 4.78 is 43.3. The lowest BCUT2D eigenvalue weighted by molar-refractivity contribution is -0.187. The van der Waals surface area contributed by atoms with Crippen LogP contribution in [0.2, 0.25) is 0 Å². The van der Waals surface area contributed by atoms with E-state index < -0.39 is 18.1 Å². The molecule has 2 aliphatic heterocycles. The molecule has 2 rings (SSSR count). The first kappa shape index (κ1) is 20.0. The zero-order valence-corrected chi connectivity index (χ0v) is 14.9. The highest BCUT2D eigenvalue weighted by Gasteiger charge is 2.48. The number of amides is 2. The van der Waals surface area contributed by atoms with Crippen molar-refractivity contribution in [1.29, 1.82) is 0 Å². The summed E-state index contributed by atoms with van der Waals surface area (Å²) >= 11 is 0. The number of halogens is 3. The van der Waals surface area contributed by atoms with E-state index in [-0.39, 0.29) is 31.0 Å². The zero-order chi connectivity index (χ0) is 18.8. The van der Waals surface area contributed by atoms with Gasteiger partial charge < -0.3 is 14.5 Å². The molecule has 3 unspecified atom stereocenters. The van der Waals surface area contributed by atoms with Gasteiger partial charge in [0.05, 0.1) is 6.61 Å². The minimum Gasteiger partial charge on any atom is -0.383 e. The van der Waals surface area contributed by atoms with Crippen LogP contribution in [0.5, 0.6) is 0 Å². The van der Waals surface area contributed by atoms with Crippen LogP contribution in [0.25, 0.3) is 0 Å². The molecule has 0 aliphatic carbocycles. The van der Waals surface area contributed by atoms with Crippen LogP contribution in [-0.2, 0) is 14.3 Å². The van der Waals surface area contributed by atoms with E-state index >= 15 is 0 Å². The summed E-state index contributed by atoms with van der Waals surface area (Å²) in [6, 6.07) is -0.842. The number of nitrogens with zero attached hydrogens (tertiary/aromatic N) is 3. The molecule has 2 amide bonds. The molecular weight excluding hydrogens is 339 g/mol. The van der Waals surface area contributed by atoms with E-state index in [2.05, 4.69) is 4.90 Å².